The molecule has 104 valence electrons. The van der Waals surface area contributed by atoms with E-state index in [2.05, 4.69) is 11.8 Å². The van der Waals surface area contributed by atoms with Gasteiger partial charge in [0, 0.05) is 24.7 Å². The number of benzene rings is 1. The number of primary amides is 1. The van der Waals surface area contributed by atoms with Crippen LogP contribution >= 0.6 is 0 Å². The molecular formula is C15H23N3O. The lowest BCUT2D eigenvalue weighted by molar-refractivity contribution is 0.0999. The first-order valence-electron chi connectivity index (χ1n) is 6.93. The van der Waals surface area contributed by atoms with Gasteiger partial charge in [0.2, 0.25) is 5.91 Å². The Morgan fingerprint density at radius 3 is 2.89 bits per heavy atom. The lowest BCUT2D eigenvalue weighted by Crippen LogP contribution is -2.43. The molecule has 1 fully saturated rings. The van der Waals surface area contributed by atoms with E-state index in [0.717, 1.165) is 25.2 Å². The van der Waals surface area contributed by atoms with Crippen molar-refractivity contribution in [2.45, 2.75) is 32.4 Å². The van der Waals surface area contributed by atoms with Gasteiger partial charge >= 0.3 is 0 Å². The van der Waals surface area contributed by atoms with Gasteiger partial charge < -0.3 is 11.5 Å². The molecule has 2 unspecified atom stereocenters. The van der Waals surface area contributed by atoms with Gasteiger partial charge in [-0.15, -0.1) is 0 Å². The maximum atomic E-state index is 11.2. The van der Waals surface area contributed by atoms with Crippen LogP contribution in [0, 0.1) is 5.92 Å². The number of likely N-dealkylation sites (tertiary alicyclic amines) is 1. The van der Waals surface area contributed by atoms with Crippen molar-refractivity contribution in [2.24, 2.45) is 17.4 Å². The average molecular weight is 261 g/mol. The molecule has 0 bridgehead atoms. The fraction of sp³-hybridized carbons (Fsp3) is 0.533. The standard InChI is InChI=1S/C15H23N3O/c1-11-5-6-13(8-16)10-18(11)9-12-3-2-4-14(7-12)15(17)19/h2-4,7,11,13H,5-6,8-10,16H2,1H3,(H2,17,19). The van der Waals surface area contributed by atoms with E-state index in [-0.39, 0.29) is 5.91 Å². The smallest absolute Gasteiger partial charge is 0.248 e. The molecule has 2 rings (SSSR count). The third-order valence-corrected chi connectivity index (χ3v) is 4.04. The summed E-state index contributed by atoms with van der Waals surface area (Å²) in [5, 5.41) is 0. The van der Waals surface area contributed by atoms with Crippen molar-refractivity contribution in [1.29, 1.82) is 0 Å². The molecule has 19 heavy (non-hydrogen) atoms. The normalized spacial score (nSPS) is 24.3. The summed E-state index contributed by atoms with van der Waals surface area (Å²) in [6.45, 7) is 4.91. The van der Waals surface area contributed by atoms with Crippen LogP contribution in [0.3, 0.4) is 0 Å². The van der Waals surface area contributed by atoms with Gasteiger partial charge in [-0.05, 0) is 49.9 Å². The molecule has 0 aliphatic carbocycles. The summed E-state index contributed by atoms with van der Waals surface area (Å²) < 4.78 is 0. The largest absolute Gasteiger partial charge is 0.366 e. The van der Waals surface area contributed by atoms with Crippen LogP contribution in [-0.4, -0.2) is 29.9 Å². The van der Waals surface area contributed by atoms with Crippen LogP contribution < -0.4 is 11.5 Å². The number of carbonyl (C=O) groups is 1. The topological polar surface area (TPSA) is 72.3 Å². The number of piperidine rings is 1. The Balaban J connectivity index is 2.06. The van der Waals surface area contributed by atoms with Gasteiger partial charge in [0.25, 0.3) is 0 Å². The highest BCUT2D eigenvalue weighted by molar-refractivity contribution is 5.92. The Morgan fingerprint density at radius 2 is 2.21 bits per heavy atom. The van der Waals surface area contributed by atoms with Crippen molar-refractivity contribution >= 4 is 5.91 Å². The molecule has 1 saturated heterocycles. The summed E-state index contributed by atoms with van der Waals surface area (Å²) in [5.74, 6) is 0.226. The van der Waals surface area contributed by atoms with Crippen LogP contribution in [0.25, 0.3) is 0 Å². The van der Waals surface area contributed by atoms with Gasteiger partial charge in [-0.25, -0.2) is 0 Å². The highest BCUT2D eigenvalue weighted by Crippen LogP contribution is 2.23. The summed E-state index contributed by atoms with van der Waals surface area (Å²) >= 11 is 0. The highest BCUT2D eigenvalue weighted by Gasteiger charge is 2.24. The van der Waals surface area contributed by atoms with Gasteiger partial charge in [0.1, 0.15) is 0 Å². The fourth-order valence-electron chi connectivity index (χ4n) is 2.73. The van der Waals surface area contributed by atoms with E-state index >= 15 is 0 Å². The van der Waals surface area contributed by atoms with Crippen LogP contribution in [0.5, 0.6) is 0 Å². The van der Waals surface area contributed by atoms with Crippen molar-refractivity contribution in [3.05, 3.63) is 35.4 Å². The van der Waals surface area contributed by atoms with E-state index in [4.69, 9.17) is 11.5 Å². The molecule has 1 aromatic carbocycles. The van der Waals surface area contributed by atoms with Gasteiger partial charge in [0.05, 0.1) is 0 Å². The molecule has 0 radical (unpaired) electrons. The number of amides is 1. The molecule has 4 nitrogen and oxygen atoms in total. The van der Waals surface area contributed by atoms with E-state index in [1.165, 1.54) is 12.8 Å². The molecule has 0 aromatic heterocycles. The van der Waals surface area contributed by atoms with Crippen LogP contribution in [0.1, 0.15) is 35.7 Å². The summed E-state index contributed by atoms with van der Waals surface area (Å²) in [5.41, 5.74) is 12.8. The Kier molecular flexibility index (Phi) is 4.56. The molecular weight excluding hydrogens is 238 g/mol. The second-order valence-electron chi connectivity index (χ2n) is 5.52. The Bertz CT molecular complexity index is 447. The molecule has 4 heteroatoms. The quantitative estimate of drug-likeness (QED) is 0.859. The van der Waals surface area contributed by atoms with Crippen molar-refractivity contribution in [3.8, 4) is 0 Å². The monoisotopic (exact) mass is 261 g/mol. The summed E-state index contributed by atoms with van der Waals surface area (Å²) in [6, 6.07) is 8.16. The van der Waals surface area contributed by atoms with Crippen LogP contribution in [0.15, 0.2) is 24.3 Å². The number of carbonyl (C=O) groups excluding carboxylic acids is 1. The molecule has 1 amide bonds. The van der Waals surface area contributed by atoms with Gasteiger partial charge in [-0.1, -0.05) is 12.1 Å². The minimum absolute atomic E-state index is 0.367. The maximum Gasteiger partial charge on any atom is 0.248 e. The third kappa shape index (κ3) is 3.55. The van der Waals surface area contributed by atoms with Crippen LogP contribution in [0.4, 0.5) is 0 Å². The predicted octanol–water partition coefficient (Wildman–Crippen LogP) is 1.34. The van der Waals surface area contributed by atoms with Crippen LogP contribution in [-0.2, 0) is 6.54 Å². The number of nitrogens with zero attached hydrogens (tertiary/aromatic N) is 1. The van der Waals surface area contributed by atoms with Crippen molar-refractivity contribution in [2.75, 3.05) is 13.1 Å². The lowest BCUT2D eigenvalue weighted by atomic mass is 9.93. The Labute approximate surface area is 114 Å². The lowest BCUT2D eigenvalue weighted by Gasteiger charge is -2.37. The van der Waals surface area contributed by atoms with Gasteiger partial charge in [-0.3, -0.25) is 9.69 Å². The van der Waals surface area contributed by atoms with E-state index < -0.39 is 0 Å². The number of hydrogen-bond acceptors (Lipinski definition) is 3. The molecule has 1 heterocycles. The first-order valence-corrected chi connectivity index (χ1v) is 6.93. The second-order valence-corrected chi connectivity index (χ2v) is 5.52. The fourth-order valence-corrected chi connectivity index (χ4v) is 2.73. The van der Waals surface area contributed by atoms with Crippen molar-refractivity contribution in [1.82, 2.24) is 4.90 Å². The van der Waals surface area contributed by atoms with E-state index in [1.807, 2.05) is 18.2 Å². The zero-order valence-electron chi connectivity index (χ0n) is 11.5. The summed E-state index contributed by atoms with van der Waals surface area (Å²) in [7, 11) is 0. The van der Waals surface area contributed by atoms with Crippen LogP contribution in [0.2, 0.25) is 0 Å². The molecule has 1 aliphatic heterocycles. The Morgan fingerprint density at radius 1 is 1.42 bits per heavy atom. The molecule has 0 spiro atoms. The van der Waals surface area contributed by atoms with Crippen molar-refractivity contribution in [3.63, 3.8) is 0 Å². The zero-order valence-corrected chi connectivity index (χ0v) is 11.5. The zero-order chi connectivity index (χ0) is 13.8. The Hall–Kier alpha value is -1.39. The predicted molar refractivity (Wildman–Crippen MR) is 76.6 cm³/mol. The van der Waals surface area contributed by atoms with E-state index in [0.29, 0.717) is 17.5 Å². The highest BCUT2D eigenvalue weighted by atomic mass is 16.1. The maximum absolute atomic E-state index is 11.2. The first-order chi connectivity index (χ1) is 9.10. The molecule has 1 aliphatic rings. The number of nitrogens with two attached hydrogens (primary N) is 2. The van der Waals surface area contributed by atoms with Gasteiger partial charge in [0.15, 0.2) is 0 Å². The molecule has 0 saturated carbocycles. The SMILES string of the molecule is CC1CCC(CN)CN1Cc1cccc(C(N)=O)c1. The van der Waals surface area contributed by atoms with E-state index in [1.54, 1.807) is 6.07 Å². The molecule has 4 N–H and O–H groups in total. The second kappa shape index (κ2) is 6.17. The number of rotatable bonds is 4. The number of hydrogen-bond donors (Lipinski definition) is 2. The molecule has 1 aromatic rings. The average Bonchev–Trinajstić information content (AvgIpc) is 2.41. The minimum atomic E-state index is -0.367. The van der Waals surface area contributed by atoms with Gasteiger partial charge in [-0.2, -0.15) is 0 Å². The van der Waals surface area contributed by atoms with Crippen molar-refractivity contribution < 1.29 is 4.79 Å². The first kappa shape index (κ1) is 14.0. The van der Waals surface area contributed by atoms with E-state index in [9.17, 15) is 4.79 Å². The minimum Gasteiger partial charge on any atom is -0.366 e. The summed E-state index contributed by atoms with van der Waals surface area (Å²) in [4.78, 5) is 13.6. The molecule has 2 atom stereocenters. The summed E-state index contributed by atoms with van der Waals surface area (Å²) in [6.07, 6.45) is 2.41. The third-order valence-electron chi connectivity index (χ3n) is 4.04.